The van der Waals surface area contributed by atoms with Gasteiger partial charge in [-0.1, -0.05) is 6.92 Å². The van der Waals surface area contributed by atoms with Crippen LogP contribution in [-0.2, 0) is 13.5 Å². The van der Waals surface area contributed by atoms with Crippen LogP contribution in [0.5, 0.6) is 0 Å². The van der Waals surface area contributed by atoms with Gasteiger partial charge in [0, 0.05) is 25.9 Å². The molecule has 0 aliphatic carbocycles. The van der Waals surface area contributed by atoms with Crippen molar-refractivity contribution < 1.29 is 4.42 Å². The molecule has 0 amide bonds. The molecule has 1 N–H and O–H groups in total. The quantitative estimate of drug-likeness (QED) is 0.813. The Bertz CT molecular complexity index is 496. The van der Waals surface area contributed by atoms with Gasteiger partial charge in [-0.25, -0.2) is 5.10 Å². The highest BCUT2D eigenvalue weighted by Crippen LogP contribution is 2.19. The molecule has 4 nitrogen and oxygen atoms in total. The maximum Gasteiger partial charge on any atom is 0.284 e. The van der Waals surface area contributed by atoms with Crippen molar-refractivity contribution in [2.45, 2.75) is 19.3 Å². The van der Waals surface area contributed by atoms with Crippen molar-refractivity contribution in [2.24, 2.45) is 7.05 Å². The van der Waals surface area contributed by atoms with Crippen LogP contribution in [0.4, 0.5) is 0 Å². The van der Waals surface area contributed by atoms with E-state index in [1.807, 2.05) is 17.8 Å². The third-order valence-electron chi connectivity index (χ3n) is 2.39. The lowest BCUT2D eigenvalue weighted by Gasteiger charge is -2.05. The van der Waals surface area contributed by atoms with Crippen LogP contribution in [0.3, 0.4) is 0 Å². The Labute approximate surface area is 92.9 Å². The molecule has 0 aromatic carbocycles. The van der Waals surface area contributed by atoms with Gasteiger partial charge in [-0.05, 0) is 29.8 Å². The third-order valence-corrected chi connectivity index (χ3v) is 2.56. The molecule has 0 aliphatic rings. The van der Waals surface area contributed by atoms with E-state index < -0.39 is 0 Å². The summed E-state index contributed by atoms with van der Waals surface area (Å²) in [5.41, 5.74) is 1.28. The smallest absolute Gasteiger partial charge is 0.284 e. The van der Waals surface area contributed by atoms with Crippen molar-refractivity contribution in [3.8, 4) is 0 Å². The van der Waals surface area contributed by atoms with Crippen LogP contribution in [0.25, 0.3) is 0 Å². The van der Waals surface area contributed by atoms with Crippen molar-refractivity contribution in [3.05, 3.63) is 34.8 Å². The lowest BCUT2D eigenvalue weighted by atomic mass is 10.0. The van der Waals surface area contributed by atoms with Crippen molar-refractivity contribution in [2.75, 3.05) is 0 Å². The molecule has 1 unspecified atom stereocenters. The molecule has 0 saturated carbocycles. The highest BCUT2D eigenvalue weighted by Gasteiger charge is 2.10. The van der Waals surface area contributed by atoms with Gasteiger partial charge in [0.05, 0.1) is 0 Å². The maximum absolute atomic E-state index is 5.22. The minimum atomic E-state index is 0.338. The van der Waals surface area contributed by atoms with Crippen LogP contribution in [0.1, 0.15) is 24.3 Å². The van der Waals surface area contributed by atoms with Gasteiger partial charge >= 0.3 is 0 Å². The van der Waals surface area contributed by atoms with E-state index in [1.165, 1.54) is 5.56 Å². The molecule has 2 aromatic heterocycles. The number of rotatable bonds is 3. The van der Waals surface area contributed by atoms with Gasteiger partial charge < -0.3 is 8.98 Å². The second-order valence-electron chi connectivity index (χ2n) is 3.72. The van der Waals surface area contributed by atoms with Gasteiger partial charge in [0.2, 0.25) is 5.89 Å². The second kappa shape index (κ2) is 4.02. The summed E-state index contributed by atoms with van der Waals surface area (Å²) in [4.78, 5) is 0.338. The SMILES string of the molecule is CC(Cc1n[nH]c(=S)o1)c1ccn(C)c1. The predicted octanol–water partition coefficient (Wildman–Crippen LogP) is 2.42. The average Bonchev–Trinajstić information content (AvgIpc) is 2.75. The monoisotopic (exact) mass is 223 g/mol. The average molecular weight is 223 g/mol. The van der Waals surface area contributed by atoms with E-state index in [0.717, 1.165) is 6.42 Å². The van der Waals surface area contributed by atoms with E-state index >= 15 is 0 Å². The summed E-state index contributed by atoms with van der Waals surface area (Å²) >= 11 is 4.82. The molecule has 0 aliphatic heterocycles. The van der Waals surface area contributed by atoms with Crippen LogP contribution in [0.2, 0.25) is 0 Å². The number of aromatic nitrogens is 3. The van der Waals surface area contributed by atoms with E-state index in [-0.39, 0.29) is 0 Å². The second-order valence-corrected chi connectivity index (χ2v) is 4.09. The van der Waals surface area contributed by atoms with E-state index in [2.05, 4.69) is 29.4 Å². The third kappa shape index (κ3) is 2.36. The Hall–Kier alpha value is -1.36. The molecule has 0 spiro atoms. The Morgan fingerprint density at radius 1 is 1.67 bits per heavy atom. The highest BCUT2D eigenvalue weighted by atomic mass is 32.1. The lowest BCUT2D eigenvalue weighted by Crippen LogP contribution is -1.97. The fraction of sp³-hybridized carbons (Fsp3) is 0.400. The molecule has 2 rings (SSSR count). The summed E-state index contributed by atoms with van der Waals surface area (Å²) in [6.45, 7) is 2.14. The number of nitrogens with one attached hydrogen (secondary N) is 1. The summed E-state index contributed by atoms with van der Waals surface area (Å²) in [5, 5.41) is 6.61. The minimum absolute atomic E-state index is 0.338. The zero-order chi connectivity index (χ0) is 10.8. The topological polar surface area (TPSA) is 46.8 Å². The lowest BCUT2D eigenvalue weighted by molar-refractivity contribution is 0.466. The Kier molecular flexibility index (Phi) is 2.73. The molecule has 2 heterocycles. The van der Waals surface area contributed by atoms with Gasteiger partial charge in [-0.3, -0.25) is 0 Å². The molecular formula is C10H13N3OS. The number of H-pyrrole nitrogens is 1. The Morgan fingerprint density at radius 3 is 3.00 bits per heavy atom. The summed E-state index contributed by atoms with van der Waals surface area (Å²) < 4.78 is 7.26. The molecule has 5 heteroatoms. The summed E-state index contributed by atoms with van der Waals surface area (Å²) in [7, 11) is 2.01. The van der Waals surface area contributed by atoms with Gasteiger partial charge in [-0.2, -0.15) is 0 Å². The molecule has 15 heavy (non-hydrogen) atoms. The predicted molar refractivity (Wildman–Crippen MR) is 59.2 cm³/mol. The van der Waals surface area contributed by atoms with Crippen LogP contribution in [-0.4, -0.2) is 14.8 Å². The summed E-state index contributed by atoms with van der Waals surface area (Å²) in [6.07, 6.45) is 4.90. The fourth-order valence-electron chi connectivity index (χ4n) is 1.54. The van der Waals surface area contributed by atoms with Gasteiger partial charge in [0.1, 0.15) is 0 Å². The van der Waals surface area contributed by atoms with Crippen LogP contribution >= 0.6 is 12.2 Å². The minimum Gasteiger partial charge on any atom is -0.414 e. The number of aromatic amines is 1. The first-order valence-electron chi connectivity index (χ1n) is 4.81. The van der Waals surface area contributed by atoms with E-state index in [9.17, 15) is 0 Å². The Morgan fingerprint density at radius 2 is 2.47 bits per heavy atom. The van der Waals surface area contributed by atoms with Crippen LogP contribution < -0.4 is 0 Å². The molecule has 0 bridgehead atoms. The van der Waals surface area contributed by atoms with Gasteiger partial charge in [-0.15, -0.1) is 5.10 Å². The molecule has 0 fully saturated rings. The molecule has 2 aromatic rings. The zero-order valence-corrected chi connectivity index (χ0v) is 9.54. The van der Waals surface area contributed by atoms with Crippen molar-refractivity contribution in [1.82, 2.24) is 14.8 Å². The van der Waals surface area contributed by atoms with Crippen molar-refractivity contribution in [3.63, 3.8) is 0 Å². The van der Waals surface area contributed by atoms with E-state index in [1.54, 1.807) is 0 Å². The van der Waals surface area contributed by atoms with Crippen LogP contribution in [0.15, 0.2) is 22.9 Å². The number of nitrogens with zero attached hydrogens (tertiary/aromatic N) is 2. The number of aryl methyl sites for hydroxylation is 1. The van der Waals surface area contributed by atoms with Gasteiger partial charge in [0.15, 0.2) is 0 Å². The van der Waals surface area contributed by atoms with E-state index in [4.69, 9.17) is 16.6 Å². The zero-order valence-electron chi connectivity index (χ0n) is 8.73. The van der Waals surface area contributed by atoms with E-state index in [0.29, 0.717) is 16.6 Å². The number of hydrogen-bond donors (Lipinski definition) is 1. The van der Waals surface area contributed by atoms with Crippen molar-refractivity contribution in [1.29, 1.82) is 0 Å². The summed E-state index contributed by atoms with van der Waals surface area (Å²) in [6, 6.07) is 2.10. The molecule has 1 atom stereocenters. The largest absolute Gasteiger partial charge is 0.414 e. The summed E-state index contributed by atoms with van der Waals surface area (Å²) in [5.74, 6) is 1.05. The molecule has 80 valence electrons. The van der Waals surface area contributed by atoms with Gasteiger partial charge in [0.25, 0.3) is 4.84 Å². The first-order chi connectivity index (χ1) is 7.15. The standard InChI is InChI=1S/C10H13N3OS/c1-7(8-3-4-13(2)6-8)5-9-11-12-10(15)14-9/h3-4,6-7H,5H2,1-2H3,(H,12,15). The molecule has 0 saturated heterocycles. The maximum atomic E-state index is 5.22. The molecular weight excluding hydrogens is 210 g/mol. The Balaban J connectivity index is 2.10. The fourth-order valence-corrected chi connectivity index (χ4v) is 1.69. The van der Waals surface area contributed by atoms with Crippen molar-refractivity contribution >= 4 is 12.2 Å². The highest BCUT2D eigenvalue weighted by molar-refractivity contribution is 7.71. The first-order valence-corrected chi connectivity index (χ1v) is 5.22. The first kappa shape index (κ1) is 10.2. The van der Waals surface area contributed by atoms with Crippen LogP contribution in [0, 0.1) is 4.84 Å². The normalized spacial score (nSPS) is 12.9. The molecule has 0 radical (unpaired) electrons. The number of hydrogen-bond acceptors (Lipinski definition) is 3.